The Kier molecular flexibility index (Phi) is 5.22. The van der Waals surface area contributed by atoms with E-state index in [1.54, 1.807) is 7.11 Å². The monoisotopic (exact) mass is 433 g/mol. The zero-order valence-corrected chi connectivity index (χ0v) is 19.0. The first kappa shape index (κ1) is 21.0. The van der Waals surface area contributed by atoms with Crippen molar-refractivity contribution in [1.29, 1.82) is 0 Å². The lowest BCUT2D eigenvalue weighted by Crippen LogP contribution is -2.55. The molecule has 3 aromatic rings. The van der Waals surface area contributed by atoms with Gasteiger partial charge in [-0.15, -0.1) is 0 Å². The summed E-state index contributed by atoms with van der Waals surface area (Å²) in [6, 6.07) is 15.3. The quantitative estimate of drug-likeness (QED) is 0.688. The largest absolute Gasteiger partial charge is 0.497 e. The molecule has 0 aliphatic carbocycles. The highest BCUT2D eigenvalue weighted by Crippen LogP contribution is 2.50. The second kappa shape index (κ2) is 7.94. The van der Waals surface area contributed by atoms with E-state index in [4.69, 9.17) is 4.74 Å². The van der Waals surface area contributed by atoms with E-state index in [2.05, 4.69) is 28.6 Å². The molecule has 0 unspecified atom stereocenters. The number of amides is 1. The molecule has 3 heterocycles. The molecule has 1 saturated heterocycles. The molecule has 1 N–H and O–H groups in total. The minimum Gasteiger partial charge on any atom is -0.497 e. The zero-order chi connectivity index (χ0) is 22.5. The van der Waals surface area contributed by atoms with E-state index in [-0.39, 0.29) is 24.0 Å². The molecule has 0 radical (unpaired) electrons. The van der Waals surface area contributed by atoms with E-state index in [1.165, 1.54) is 10.9 Å². The number of aliphatic hydroxyl groups excluding tert-OH is 1. The van der Waals surface area contributed by atoms with E-state index in [9.17, 15) is 9.90 Å². The van der Waals surface area contributed by atoms with Crippen molar-refractivity contribution in [2.45, 2.75) is 24.3 Å². The molecule has 168 valence electrons. The number of likely N-dealkylation sites (tertiary alicyclic amines) is 1. The maximum atomic E-state index is 13.7. The highest BCUT2D eigenvalue weighted by molar-refractivity contribution is 5.96. The Morgan fingerprint density at radius 2 is 1.84 bits per heavy atom. The highest BCUT2D eigenvalue weighted by Gasteiger charge is 2.49. The molecule has 1 amide bonds. The van der Waals surface area contributed by atoms with Crippen LogP contribution >= 0.6 is 0 Å². The van der Waals surface area contributed by atoms with Crippen molar-refractivity contribution in [3.8, 4) is 5.75 Å². The number of methoxy groups -OCH3 is 1. The average molecular weight is 434 g/mol. The first-order valence-corrected chi connectivity index (χ1v) is 11.3. The van der Waals surface area contributed by atoms with Gasteiger partial charge >= 0.3 is 0 Å². The van der Waals surface area contributed by atoms with Crippen molar-refractivity contribution >= 4 is 16.8 Å². The average Bonchev–Trinajstić information content (AvgIpc) is 3.13. The molecule has 2 aliphatic rings. The molecular weight excluding hydrogens is 402 g/mol. The van der Waals surface area contributed by atoms with Gasteiger partial charge in [0.1, 0.15) is 5.75 Å². The molecule has 1 fully saturated rings. The van der Waals surface area contributed by atoms with Crippen LogP contribution < -0.4 is 4.74 Å². The molecule has 2 aliphatic heterocycles. The fraction of sp³-hybridized carbons (Fsp3) is 0.423. The summed E-state index contributed by atoms with van der Waals surface area (Å²) in [6.07, 6.45) is 1.97. The Hall–Kier alpha value is -2.83. The van der Waals surface area contributed by atoms with Crippen molar-refractivity contribution in [2.24, 2.45) is 7.05 Å². The Morgan fingerprint density at radius 3 is 2.50 bits per heavy atom. The summed E-state index contributed by atoms with van der Waals surface area (Å²) >= 11 is 0. The Balaban J connectivity index is 1.73. The van der Waals surface area contributed by atoms with E-state index in [0.29, 0.717) is 12.1 Å². The summed E-state index contributed by atoms with van der Waals surface area (Å²) in [5.74, 6) is 0.794. The number of hydrogen-bond acceptors (Lipinski definition) is 4. The predicted octanol–water partition coefficient (Wildman–Crippen LogP) is 3.34. The third-order valence-electron chi connectivity index (χ3n) is 7.55. The number of hydrogen-bond donors (Lipinski definition) is 1. The van der Waals surface area contributed by atoms with Crippen LogP contribution in [0.25, 0.3) is 10.9 Å². The number of piperidine rings is 1. The lowest BCUT2D eigenvalue weighted by atomic mass is 9.68. The number of aromatic nitrogens is 1. The number of nitrogens with zero attached hydrogens (tertiary/aromatic N) is 3. The van der Waals surface area contributed by atoms with Gasteiger partial charge < -0.3 is 24.2 Å². The molecular formula is C26H31N3O3. The van der Waals surface area contributed by atoms with Crippen LogP contribution in [0.15, 0.2) is 48.5 Å². The number of ether oxygens (including phenoxy) is 1. The minimum absolute atomic E-state index is 0.0172. The normalized spacial score (nSPS) is 20.5. The number of carbonyl (C=O) groups is 1. The number of rotatable bonds is 3. The van der Waals surface area contributed by atoms with Crippen LogP contribution in [0.3, 0.4) is 0 Å². The van der Waals surface area contributed by atoms with Gasteiger partial charge in [-0.3, -0.25) is 4.79 Å². The Bertz CT molecular complexity index is 1150. The lowest BCUT2D eigenvalue weighted by Gasteiger charge is -2.50. The molecule has 2 aromatic carbocycles. The van der Waals surface area contributed by atoms with Gasteiger partial charge in [0.15, 0.2) is 0 Å². The highest BCUT2D eigenvalue weighted by atomic mass is 16.5. The topological polar surface area (TPSA) is 57.9 Å². The third kappa shape index (κ3) is 3.12. The van der Waals surface area contributed by atoms with Gasteiger partial charge in [-0.05, 0) is 62.8 Å². The van der Waals surface area contributed by atoms with Crippen molar-refractivity contribution in [1.82, 2.24) is 14.4 Å². The first-order chi connectivity index (χ1) is 15.5. The number of benzene rings is 2. The molecule has 1 aromatic heterocycles. The van der Waals surface area contributed by atoms with E-state index in [0.717, 1.165) is 42.9 Å². The van der Waals surface area contributed by atoms with Gasteiger partial charge in [0, 0.05) is 41.7 Å². The zero-order valence-electron chi connectivity index (χ0n) is 19.0. The summed E-state index contributed by atoms with van der Waals surface area (Å²) in [5.41, 5.74) is 3.97. The minimum atomic E-state index is -0.383. The standard InChI is InChI=1S/C26H31N3O3/c1-27-13-11-26(12-14-27)17-29(25(31)18-7-5-4-6-8-18)22(16-30)24-23(26)20-10-9-19(32-3)15-21(20)28(24)2/h4-10,15,22,30H,11-14,16-17H2,1-3H3/t22-/m1/s1. The Labute approximate surface area is 189 Å². The van der Waals surface area contributed by atoms with Gasteiger partial charge in [-0.25, -0.2) is 0 Å². The van der Waals surface area contributed by atoms with Crippen LogP contribution in [0.2, 0.25) is 0 Å². The van der Waals surface area contributed by atoms with E-state index >= 15 is 0 Å². The number of carbonyl (C=O) groups excluding carboxylic acids is 1. The molecule has 6 heteroatoms. The number of fused-ring (bicyclic) bond motifs is 4. The predicted molar refractivity (Wildman–Crippen MR) is 125 cm³/mol. The smallest absolute Gasteiger partial charge is 0.254 e. The van der Waals surface area contributed by atoms with Crippen LogP contribution in [-0.4, -0.2) is 65.8 Å². The Morgan fingerprint density at radius 1 is 1.12 bits per heavy atom. The van der Waals surface area contributed by atoms with Gasteiger partial charge in [0.2, 0.25) is 0 Å². The SMILES string of the molecule is COc1ccc2c3c(n(C)c2c1)[C@@H](CO)N(C(=O)c1ccccc1)CC31CCN(C)CC1. The maximum absolute atomic E-state index is 13.7. The second-order valence-corrected chi connectivity index (χ2v) is 9.28. The van der Waals surface area contributed by atoms with Crippen molar-refractivity contribution in [3.63, 3.8) is 0 Å². The van der Waals surface area contributed by atoms with E-state index in [1.807, 2.05) is 48.3 Å². The first-order valence-electron chi connectivity index (χ1n) is 11.3. The van der Waals surface area contributed by atoms with Crippen molar-refractivity contribution in [3.05, 3.63) is 65.4 Å². The van der Waals surface area contributed by atoms with Crippen LogP contribution in [0.5, 0.6) is 5.75 Å². The summed E-state index contributed by atoms with van der Waals surface area (Å²) in [4.78, 5) is 17.9. The molecule has 0 saturated carbocycles. The van der Waals surface area contributed by atoms with Crippen LogP contribution in [0.1, 0.15) is 40.5 Å². The van der Waals surface area contributed by atoms with Gasteiger partial charge in [-0.1, -0.05) is 18.2 Å². The van der Waals surface area contributed by atoms with Crippen LogP contribution in [-0.2, 0) is 12.5 Å². The second-order valence-electron chi connectivity index (χ2n) is 9.28. The van der Waals surface area contributed by atoms with E-state index < -0.39 is 0 Å². The van der Waals surface area contributed by atoms with Gasteiger partial charge in [0.05, 0.1) is 25.3 Å². The molecule has 5 rings (SSSR count). The summed E-state index contributed by atoms with van der Waals surface area (Å²) in [5, 5.41) is 11.7. The van der Waals surface area contributed by atoms with Crippen molar-refractivity contribution in [2.75, 3.05) is 40.4 Å². The molecule has 6 nitrogen and oxygen atoms in total. The fourth-order valence-electron chi connectivity index (χ4n) is 5.77. The van der Waals surface area contributed by atoms with Crippen LogP contribution in [0, 0.1) is 0 Å². The van der Waals surface area contributed by atoms with Crippen molar-refractivity contribution < 1.29 is 14.6 Å². The van der Waals surface area contributed by atoms with Gasteiger partial charge in [-0.2, -0.15) is 0 Å². The molecule has 32 heavy (non-hydrogen) atoms. The summed E-state index contributed by atoms with van der Waals surface area (Å²) < 4.78 is 7.66. The number of aliphatic hydroxyl groups is 1. The lowest BCUT2D eigenvalue weighted by molar-refractivity contribution is 0.0353. The molecule has 1 spiro atoms. The summed E-state index contributed by atoms with van der Waals surface area (Å²) in [6.45, 7) is 2.49. The summed E-state index contributed by atoms with van der Waals surface area (Å²) in [7, 11) is 5.88. The maximum Gasteiger partial charge on any atom is 0.254 e. The van der Waals surface area contributed by atoms with Gasteiger partial charge in [0.25, 0.3) is 5.91 Å². The molecule has 0 bridgehead atoms. The number of aryl methyl sites for hydroxylation is 1. The van der Waals surface area contributed by atoms with Crippen LogP contribution in [0.4, 0.5) is 0 Å². The molecule has 1 atom stereocenters. The fourth-order valence-corrected chi connectivity index (χ4v) is 5.77. The third-order valence-corrected chi connectivity index (χ3v) is 7.55.